The molecule has 1 heterocycles. The van der Waals surface area contributed by atoms with Crippen molar-refractivity contribution in [1.82, 2.24) is 10.1 Å². The highest BCUT2D eigenvalue weighted by Gasteiger charge is 2.14. The second-order valence-corrected chi connectivity index (χ2v) is 5.37. The monoisotopic (exact) mass is 330 g/mol. The lowest BCUT2D eigenvalue weighted by Crippen LogP contribution is -1.83. The van der Waals surface area contributed by atoms with Crippen molar-refractivity contribution in [2.75, 3.05) is 0 Å². The fraction of sp³-hybridized carbons (Fsp3) is 0.0667. The third-order valence-corrected chi connectivity index (χ3v) is 3.38. The lowest BCUT2D eigenvalue weighted by atomic mass is 10.1. The highest BCUT2D eigenvalue weighted by molar-refractivity contribution is 9.10. The van der Waals surface area contributed by atoms with Gasteiger partial charge in [-0.1, -0.05) is 44.8 Å². The number of hydrogen-bond donors (Lipinski definition) is 1. The average molecular weight is 331 g/mol. The molecule has 0 unspecified atom stereocenters. The molecular formula is C15H11BrN2O2. The van der Waals surface area contributed by atoms with Gasteiger partial charge in [0.25, 0.3) is 5.89 Å². The van der Waals surface area contributed by atoms with Crippen LogP contribution in [0, 0.1) is 6.92 Å². The molecular weight excluding hydrogens is 320 g/mol. The SMILES string of the molecule is Cc1cccc(-c2noc(-c3cc(Br)ccc3O)n2)c1. The van der Waals surface area contributed by atoms with E-state index in [2.05, 4.69) is 26.1 Å². The Morgan fingerprint density at radius 2 is 2.00 bits per heavy atom. The van der Waals surface area contributed by atoms with Crippen molar-refractivity contribution in [1.29, 1.82) is 0 Å². The Labute approximate surface area is 124 Å². The minimum absolute atomic E-state index is 0.104. The standard InChI is InChI=1S/C15H11BrN2O2/c1-9-3-2-4-10(7-9)14-17-15(20-18-14)12-8-11(16)5-6-13(12)19/h2-8,19H,1H3. The molecule has 0 aliphatic rings. The molecule has 2 aromatic carbocycles. The molecule has 1 aromatic heterocycles. The first kappa shape index (κ1) is 12.9. The van der Waals surface area contributed by atoms with Crippen LogP contribution in [0.25, 0.3) is 22.8 Å². The predicted molar refractivity (Wildman–Crippen MR) is 79.3 cm³/mol. The van der Waals surface area contributed by atoms with Gasteiger partial charge in [-0.2, -0.15) is 4.98 Å². The first-order chi connectivity index (χ1) is 9.63. The maximum Gasteiger partial charge on any atom is 0.262 e. The quantitative estimate of drug-likeness (QED) is 0.765. The van der Waals surface area contributed by atoms with Gasteiger partial charge in [0.1, 0.15) is 5.75 Å². The minimum atomic E-state index is 0.104. The third-order valence-electron chi connectivity index (χ3n) is 2.89. The second-order valence-electron chi connectivity index (χ2n) is 4.45. The largest absolute Gasteiger partial charge is 0.507 e. The predicted octanol–water partition coefficient (Wildman–Crippen LogP) is 4.18. The van der Waals surface area contributed by atoms with Gasteiger partial charge in [0.2, 0.25) is 5.82 Å². The van der Waals surface area contributed by atoms with Crippen LogP contribution in [-0.4, -0.2) is 15.2 Å². The zero-order chi connectivity index (χ0) is 14.1. The first-order valence-electron chi connectivity index (χ1n) is 6.03. The number of aromatic hydroxyl groups is 1. The summed E-state index contributed by atoms with van der Waals surface area (Å²) in [6.07, 6.45) is 0. The molecule has 0 aliphatic carbocycles. The van der Waals surface area contributed by atoms with Crippen LogP contribution in [0.15, 0.2) is 51.5 Å². The Morgan fingerprint density at radius 3 is 2.80 bits per heavy atom. The normalized spacial score (nSPS) is 10.7. The number of nitrogens with zero attached hydrogens (tertiary/aromatic N) is 2. The van der Waals surface area contributed by atoms with E-state index >= 15 is 0 Å². The average Bonchev–Trinajstić information content (AvgIpc) is 2.91. The minimum Gasteiger partial charge on any atom is -0.507 e. The fourth-order valence-corrected chi connectivity index (χ4v) is 2.27. The van der Waals surface area contributed by atoms with Crippen molar-refractivity contribution in [2.45, 2.75) is 6.92 Å². The number of halogens is 1. The molecule has 1 N–H and O–H groups in total. The number of aryl methyl sites for hydroxylation is 1. The van der Waals surface area contributed by atoms with Crippen molar-refractivity contribution in [3.05, 3.63) is 52.5 Å². The second kappa shape index (κ2) is 5.09. The van der Waals surface area contributed by atoms with Crippen molar-refractivity contribution >= 4 is 15.9 Å². The maximum absolute atomic E-state index is 9.86. The first-order valence-corrected chi connectivity index (χ1v) is 6.82. The van der Waals surface area contributed by atoms with Crippen LogP contribution in [0.1, 0.15) is 5.56 Å². The molecule has 100 valence electrons. The Balaban J connectivity index is 2.04. The van der Waals surface area contributed by atoms with Crippen molar-refractivity contribution in [3.63, 3.8) is 0 Å². The van der Waals surface area contributed by atoms with Gasteiger partial charge in [0.15, 0.2) is 0 Å². The summed E-state index contributed by atoms with van der Waals surface area (Å²) in [5, 5.41) is 13.8. The van der Waals surface area contributed by atoms with E-state index in [0.29, 0.717) is 17.3 Å². The number of phenols is 1. The van der Waals surface area contributed by atoms with E-state index in [-0.39, 0.29) is 5.75 Å². The van der Waals surface area contributed by atoms with Crippen LogP contribution in [0.2, 0.25) is 0 Å². The summed E-state index contributed by atoms with van der Waals surface area (Å²) in [5.74, 6) is 0.899. The van der Waals surface area contributed by atoms with E-state index in [1.807, 2.05) is 31.2 Å². The summed E-state index contributed by atoms with van der Waals surface area (Å²) in [7, 11) is 0. The van der Waals surface area contributed by atoms with Gasteiger partial charge in [-0.05, 0) is 31.2 Å². The summed E-state index contributed by atoms with van der Waals surface area (Å²) in [6, 6.07) is 12.9. The molecule has 3 aromatic rings. The molecule has 0 saturated heterocycles. The lowest BCUT2D eigenvalue weighted by Gasteiger charge is -1.99. The van der Waals surface area contributed by atoms with Crippen LogP contribution >= 0.6 is 15.9 Å². The van der Waals surface area contributed by atoms with E-state index < -0.39 is 0 Å². The molecule has 5 heteroatoms. The van der Waals surface area contributed by atoms with Crippen molar-refractivity contribution < 1.29 is 9.63 Å². The highest BCUT2D eigenvalue weighted by atomic mass is 79.9. The van der Waals surface area contributed by atoms with E-state index in [9.17, 15) is 5.11 Å². The van der Waals surface area contributed by atoms with Crippen LogP contribution in [0.4, 0.5) is 0 Å². The van der Waals surface area contributed by atoms with Gasteiger partial charge in [-0.25, -0.2) is 0 Å². The number of phenolic OH excluding ortho intramolecular Hbond substituents is 1. The smallest absolute Gasteiger partial charge is 0.262 e. The molecule has 20 heavy (non-hydrogen) atoms. The van der Waals surface area contributed by atoms with Crippen molar-refractivity contribution in [2.24, 2.45) is 0 Å². The lowest BCUT2D eigenvalue weighted by molar-refractivity contribution is 0.425. The van der Waals surface area contributed by atoms with Crippen molar-refractivity contribution in [3.8, 4) is 28.6 Å². The number of aromatic nitrogens is 2. The molecule has 4 nitrogen and oxygen atoms in total. The van der Waals surface area contributed by atoms with Crippen LogP contribution in [0.3, 0.4) is 0 Å². The Hall–Kier alpha value is -2.14. The molecule has 0 fully saturated rings. The summed E-state index contributed by atoms with van der Waals surface area (Å²) in [5.41, 5.74) is 2.51. The van der Waals surface area contributed by atoms with Crippen LogP contribution < -0.4 is 0 Å². The molecule has 0 aliphatic heterocycles. The number of hydrogen-bond acceptors (Lipinski definition) is 4. The molecule has 0 bridgehead atoms. The Morgan fingerprint density at radius 1 is 1.15 bits per heavy atom. The van der Waals surface area contributed by atoms with Crippen LogP contribution in [0.5, 0.6) is 5.75 Å². The van der Waals surface area contributed by atoms with E-state index in [1.165, 1.54) is 0 Å². The summed E-state index contributed by atoms with van der Waals surface area (Å²) in [4.78, 5) is 4.34. The summed E-state index contributed by atoms with van der Waals surface area (Å²) in [6.45, 7) is 2.00. The summed E-state index contributed by atoms with van der Waals surface area (Å²) >= 11 is 3.35. The molecule has 0 atom stereocenters. The topological polar surface area (TPSA) is 59.2 Å². The zero-order valence-electron chi connectivity index (χ0n) is 10.7. The van der Waals surface area contributed by atoms with Gasteiger partial charge in [0.05, 0.1) is 5.56 Å². The van der Waals surface area contributed by atoms with E-state index in [4.69, 9.17) is 4.52 Å². The zero-order valence-corrected chi connectivity index (χ0v) is 12.3. The van der Waals surface area contributed by atoms with Gasteiger partial charge >= 0.3 is 0 Å². The van der Waals surface area contributed by atoms with E-state index in [0.717, 1.165) is 15.6 Å². The van der Waals surface area contributed by atoms with Gasteiger partial charge < -0.3 is 9.63 Å². The molecule has 0 spiro atoms. The maximum atomic E-state index is 9.86. The van der Waals surface area contributed by atoms with E-state index in [1.54, 1.807) is 18.2 Å². The molecule has 0 radical (unpaired) electrons. The fourth-order valence-electron chi connectivity index (χ4n) is 1.91. The van der Waals surface area contributed by atoms with Gasteiger partial charge in [0, 0.05) is 10.0 Å². The highest BCUT2D eigenvalue weighted by Crippen LogP contribution is 2.31. The molecule has 0 amide bonds. The Bertz CT molecular complexity index is 768. The van der Waals surface area contributed by atoms with Crippen LogP contribution in [-0.2, 0) is 0 Å². The third kappa shape index (κ3) is 2.44. The molecule has 0 saturated carbocycles. The number of rotatable bonds is 2. The van der Waals surface area contributed by atoms with Gasteiger partial charge in [-0.3, -0.25) is 0 Å². The molecule has 3 rings (SSSR count). The Kier molecular flexibility index (Phi) is 3.28. The number of benzene rings is 2. The van der Waals surface area contributed by atoms with Gasteiger partial charge in [-0.15, -0.1) is 0 Å². The summed E-state index contributed by atoms with van der Waals surface area (Å²) < 4.78 is 6.07.